The SMILES string of the molecule is N#Cc1ccc(COCC2CCCCC2CN)c(Cl)c1. The van der Waals surface area contributed by atoms with Gasteiger partial charge in [-0.15, -0.1) is 0 Å². The van der Waals surface area contributed by atoms with E-state index in [0.29, 0.717) is 29.0 Å². The van der Waals surface area contributed by atoms with Gasteiger partial charge in [0.2, 0.25) is 0 Å². The predicted molar refractivity (Wildman–Crippen MR) is 80.3 cm³/mol. The lowest BCUT2D eigenvalue weighted by molar-refractivity contribution is 0.0513. The van der Waals surface area contributed by atoms with Crippen molar-refractivity contribution in [1.82, 2.24) is 0 Å². The molecule has 1 saturated carbocycles. The van der Waals surface area contributed by atoms with E-state index in [4.69, 9.17) is 27.3 Å². The number of nitrogens with two attached hydrogens (primary N) is 1. The third-order valence-corrected chi connectivity index (χ3v) is 4.49. The van der Waals surface area contributed by atoms with Crippen LogP contribution in [0.3, 0.4) is 0 Å². The first kappa shape index (κ1) is 15.3. The van der Waals surface area contributed by atoms with Crippen LogP contribution in [0.4, 0.5) is 0 Å². The van der Waals surface area contributed by atoms with Crippen LogP contribution in [0.1, 0.15) is 36.8 Å². The highest BCUT2D eigenvalue weighted by atomic mass is 35.5. The van der Waals surface area contributed by atoms with Gasteiger partial charge in [-0.2, -0.15) is 5.26 Å². The summed E-state index contributed by atoms with van der Waals surface area (Å²) in [6, 6.07) is 7.40. The minimum atomic E-state index is 0.498. The Morgan fingerprint density at radius 3 is 2.70 bits per heavy atom. The summed E-state index contributed by atoms with van der Waals surface area (Å²) >= 11 is 6.13. The topological polar surface area (TPSA) is 59.0 Å². The number of hydrogen-bond acceptors (Lipinski definition) is 3. The molecule has 4 heteroatoms. The molecule has 20 heavy (non-hydrogen) atoms. The lowest BCUT2D eigenvalue weighted by atomic mass is 9.80. The highest BCUT2D eigenvalue weighted by Gasteiger charge is 2.23. The van der Waals surface area contributed by atoms with Crippen LogP contribution in [0.5, 0.6) is 0 Å². The van der Waals surface area contributed by atoms with Gasteiger partial charge in [0.25, 0.3) is 0 Å². The van der Waals surface area contributed by atoms with E-state index in [1.54, 1.807) is 12.1 Å². The molecule has 1 aromatic carbocycles. The quantitative estimate of drug-likeness (QED) is 0.903. The number of benzene rings is 1. The average molecular weight is 293 g/mol. The van der Waals surface area contributed by atoms with E-state index in [2.05, 4.69) is 6.07 Å². The van der Waals surface area contributed by atoms with Crippen LogP contribution in [0.15, 0.2) is 18.2 Å². The van der Waals surface area contributed by atoms with E-state index in [-0.39, 0.29) is 0 Å². The van der Waals surface area contributed by atoms with Crippen LogP contribution in [0.25, 0.3) is 0 Å². The summed E-state index contributed by atoms with van der Waals surface area (Å²) in [5, 5.41) is 9.40. The second-order valence-corrected chi connectivity index (χ2v) is 5.88. The summed E-state index contributed by atoms with van der Waals surface area (Å²) < 4.78 is 5.82. The van der Waals surface area contributed by atoms with Crippen molar-refractivity contribution >= 4 is 11.6 Å². The van der Waals surface area contributed by atoms with E-state index in [0.717, 1.165) is 18.7 Å². The van der Waals surface area contributed by atoms with Crippen LogP contribution in [0, 0.1) is 23.2 Å². The first-order chi connectivity index (χ1) is 9.74. The van der Waals surface area contributed by atoms with E-state index in [1.807, 2.05) is 6.07 Å². The third kappa shape index (κ3) is 3.96. The number of rotatable bonds is 5. The molecule has 0 heterocycles. The van der Waals surface area contributed by atoms with Gasteiger partial charge in [0.05, 0.1) is 24.8 Å². The molecule has 0 aromatic heterocycles. The largest absolute Gasteiger partial charge is 0.376 e. The molecule has 0 amide bonds. The van der Waals surface area contributed by atoms with Crippen molar-refractivity contribution in [3.8, 4) is 6.07 Å². The highest BCUT2D eigenvalue weighted by molar-refractivity contribution is 6.31. The van der Waals surface area contributed by atoms with Gasteiger partial charge in [0.1, 0.15) is 0 Å². The lowest BCUT2D eigenvalue weighted by Crippen LogP contribution is -2.29. The summed E-state index contributed by atoms with van der Waals surface area (Å²) in [4.78, 5) is 0. The van der Waals surface area contributed by atoms with Gasteiger partial charge < -0.3 is 10.5 Å². The molecule has 1 aromatic rings. The number of hydrogen-bond donors (Lipinski definition) is 1. The number of ether oxygens (including phenoxy) is 1. The molecule has 108 valence electrons. The van der Waals surface area contributed by atoms with Gasteiger partial charge in [-0.05, 0) is 48.9 Å². The van der Waals surface area contributed by atoms with E-state index < -0.39 is 0 Å². The molecule has 2 atom stereocenters. The molecule has 1 fully saturated rings. The molecule has 0 bridgehead atoms. The van der Waals surface area contributed by atoms with Gasteiger partial charge >= 0.3 is 0 Å². The molecule has 2 N–H and O–H groups in total. The summed E-state index contributed by atoms with van der Waals surface area (Å²) in [6.07, 6.45) is 5.01. The molecule has 0 aliphatic heterocycles. The first-order valence-electron chi connectivity index (χ1n) is 7.21. The molecular weight excluding hydrogens is 272 g/mol. The smallest absolute Gasteiger partial charge is 0.0992 e. The average Bonchev–Trinajstić information content (AvgIpc) is 2.49. The summed E-state index contributed by atoms with van der Waals surface area (Å²) in [5.74, 6) is 1.17. The van der Waals surface area contributed by atoms with Gasteiger partial charge in [-0.25, -0.2) is 0 Å². The molecule has 0 saturated heterocycles. The van der Waals surface area contributed by atoms with Crippen molar-refractivity contribution in [3.05, 3.63) is 34.3 Å². The maximum Gasteiger partial charge on any atom is 0.0992 e. The second-order valence-electron chi connectivity index (χ2n) is 5.47. The molecule has 2 rings (SSSR count). The number of nitriles is 1. The Kier molecular flexibility index (Phi) is 5.85. The summed E-state index contributed by atoms with van der Waals surface area (Å²) in [7, 11) is 0. The minimum absolute atomic E-state index is 0.498. The van der Waals surface area contributed by atoms with Gasteiger partial charge in [-0.3, -0.25) is 0 Å². The molecule has 1 aliphatic rings. The Balaban J connectivity index is 1.85. The van der Waals surface area contributed by atoms with Crippen LogP contribution in [-0.4, -0.2) is 13.2 Å². The third-order valence-electron chi connectivity index (χ3n) is 4.14. The number of nitrogens with zero attached hydrogens (tertiary/aromatic N) is 1. The van der Waals surface area contributed by atoms with Crippen molar-refractivity contribution in [2.45, 2.75) is 32.3 Å². The first-order valence-corrected chi connectivity index (χ1v) is 7.58. The maximum atomic E-state index is 8.80. The van der Waals surface area contributed by atoms with Crippen molar-refractivity contribution < 1.29 is 4.74 Å². The zero-order valence-corrected chi connectivity index (χ0v) is 12.4. The molecule has 0 radical (unpaired) electrons. The van der Waals surface area contributed by atoms with E-state index in [1.165, 1.54) is 25.7 Å². The van der Waals surface area contributed by atoms with Crippen LogP contribution >= 0.6 is 11.6 Å². The fourth-order valence-electron chi connectivity index (χ4n) is 2.87. The zero-order chi connectivity index (χ0) is 14.4. The molecule has 1 aliphatic carbocycles. The van der Waals surface area contributed by atoms with Crippen LogP contribution < -0.4 is 5.73 Å². The maximum absolute atomic E-state index is 8.80. The highest BCUT2D eigenvalue weighted by Crippen LogP contribution is 2.30. The molecule has 0 spiro atoms. The number of halogens is 1. The molecular formula is C16H21ClN2O. The lowest BCUT2D eigenvalue weighted by Gasteiger charge is -2.30. The standard InChI is InChI=1S/C16H21ClN2O/c17-16-7-12(8-18)5-6-15(16)11-20-10-14-4-2-1-3-13(14)9-19/h5-7,13-14H,1-4,9-11,19H2. The Morgan fingerprint density at radius 2 is 2.05 bits per heavy atom. The Labute approximate surface area is 125 Å². The normalized spacial score (nSPS) is 22.4. The minimum Gasteiger partial charge on any atom is -0.376 e. The van der Waals surface area contributed by atoms with Gasteiger partial charge in [-0.1, -0.05) is 30.5 Å². The van der Waals surface area contributed by atoms with Crippen molar-refractivity contribution in [1.29, 1.82) is 5.26 Å². The molecule has 3 nitrogen and oxygen atoms in total. The van der Waals surface area contributed by atoms with Crippen molar-refractivity contribution in [3.63, 3.8) is 0 Å². The van der Waals surface area contributed by atoms with Crippen LogP contribution in [0.2, 0.25) is 5.02 Å². The fraction of sp³-hybridized carbons (Fsp3) is 0.562. The second kappa shape index (κ2) is 7.64. The Morgan fingerprint density at radius 1 is 1.30 bits per heavy atom. The summed E-state index contributed by atoms with van der Waals surface area (Å²) in [6.45, 7) is 2.00. The van der Waals surface area contributed by atoms with E-state index >= 15 is 0 Å². The predicted octanol–water partition coefficient (Wildman–Crippen LogP) is 3.49. The van der Waals surface area contributed by atoms with Gasteiger partial charge in [0, 0.05) is 5.02 Å². The van der Waals surface area contributed by atoms with Crippen molar-refractivity contribution in [2.24, 2.45) is 17.6 Å². The van der Waals surface area contributed by atoms with Crippen molar-refractivity contribution in [2.75, 3.05) is 13.2 Å². The van der Waals surface area contributed by atoms with E-state index in [9.17, 15) is 0 Å². The van der Waals surface area contributed by atoms with Crippen LogP contribution in [-0.2, 0) is 11.3 Å². The van der Waals surface area contributed by atoms with Gasteiger partial charge in [0.15, 0.2) is 0 Å². The monoisotopic (exact) mass is 292 g/mol. The zero-order valence-electron chi connectivity index (χ0n) is 11.6. The summed E-state index contributed by atoms with van der Waals surface area (Å²) in [5.41, 5.74) is 7.34. The Bertz CT molecular complexity index is 484. The Hall–Kier alpha value is -1.08. The molecule has 2 unspecified atom stereocenters. The fourth-order valence-corrected chi connectivity index (χ4v) is 3.10.